The van der Waals surface area contributed by atoms with Gasteiger partial charge in [-0.25, -0.2) is 8.42 Å². The van der Waals surface area contributed by atoms with Crippen molar-refractivity contribution in [2.24, 2.45) is 5.92 Å². The first-order valence-electron chi connectivity index (χ1n) is 7.00. The Morgan fingerprint density at radius 3 is 2.95 bits per heavy atom. The molecular formula is C14H19NO5S. The number of hydrogen-bond donors (Lipinski definition) is 0. The van der Waals surface area contributed by atoms with Crippen LogP contribution in [-0.4, -0.2) is 46.3 Å². The van der Waals surface area contributed by atoms with Crippen molar-refractivity contribution >= 4 is 10.0 Å². The third-order valence-corrected chi connectivity index (χ3v) is 5.73. The van der Waals surface area contributed by atoms with Crippen LogP contribution in [0.15, 0.2) is 23.1 Å². The predicted octanol–water partition coefficient (Wildman–Crippen LogP) is 1.46. The lowest BCUT2D eigenvalue weighted by Gasteiger charge is -2.31. The predicted molar refractivity (Wildman–Crippen MR) is 75.9 cm³/mol. The van der Waals surface area contributed by atoms with Gasteiger partial charge >= 0.3 is 0 Å². The first-order valence-corrected chi connectivity index (χ1v) is 8.44. The van der Waals surface area contributed by atoms with Crippen molar-refractivity contribution in [2.75, 3.05) is 33.6 Å². The largest absolute Gasteiger partial charge is 0.454 e. The minimum Gasteiger partial charge on any atom is -0.454 e. The summed E-state index contributed by atoms with van der Waals surface area (Å²) in [5, 5.41) is 0. The molecule has 6 nitrogen and oxygen atoms in total. The van der Waals surface area contributed by atoms with E-state index >= 15 is 0 Å². The van der Waals surface area contributed by atoms with E-state index in [-0.39, 0.29) is 17.6 Å². The molecule has 0 spiro atoms. The smallest absolute Gasteiger partial charge is 0.243 e. The van der Waals surface area contributed by atoms with Crippen molar-refractivity contribution in [3.05, 3.63) is 18.2 Å². The third kappa shape index (κ3) is 2.86. The molecule has 7 heteroatoms. The fraction of sp³-hybridized carbons (Fsp3) is 0.571. The molecule has 0 N–H and O–H groups in total. The second kappa shape index (κ2) is 5.82. The second-order valence-electron chi connectivity index (χ2n) is 5.34. The Labute approximate surface area is 124 Å². The molecule has 0 amide bonds. The number of nitrogens with zero attached hydrogens (tertiary/aromatic N) is 1. The van der Waals surface area contributed by atoms with Gasteiger partial charge in [0.05, 0.1) is 11.5 Å². The highest BCUT2D eigenvalue weighted by molar-refractivity contribution is 7.89. The number of benzene rings is 1. The van der Waals surface area contributed by atoms with Crippen LogP contribution in [-0.2, 0) is 14.8 Å². The Bertz CT molecular complexity index is 614. The monoisotopic (exact) mass is 313 g/mol. The first kappa shape index (κ1) is 14.6. The summed E-state index contributed by atoms with van der Waals surface area (Å²) < 4.78 is 42.6. The Hall–Kier alpha value is -1.31. The summed E-state index contributed by atoms with van der Waals surface area (Å²) in [6.07, 6.45) is 1.86. The zero-order valence-corrected chi connectivity index (χ0v) is 12.8. The van der Waals surface area contributed by atoms with Gasteiger partial charge in [0.25, 0.3) is 0 Å². The van der Waals surface area contributed by atoms with Gasteiger partial charge in [0.15, 0.2) is 11.5 Å². The minimum absolute atomic E-state index is 0.137. The van der Waals surface area contributed by atoms with Gasteiger partial charge in [-0.05, 0) is 30.9 Å². The maximum Gasteiger partial charge on any atom is 0.243 e. The topological polar surface area (TPSA) is 65.1 Å². The van der Waals surface area contributed by atoms with Gasteiger partial charge < -0.3 is 14.2 Å². The van der Waals surface area contributed by atoms with E-state index in [0.29, 0.717) is 31.2 Å². The van der Waals surface area contributed by atoms with E-state index in [9.17, 15) is 8.42 Å². The highest BCUT2D eigenvalue weighted by Crippen LogP contribution is 2.35. The van der Waals surface area contributed by atoms with Gasteiger partial charge in [0.2, 0.25) is 16.8 Å². The van der Waals surface area contributed by atoms with Crippen molar-refractivity contribution in [1.29, 1.82) is 0 Å². The van der Waals surface area contributed by atoms with Crippen LogP contribution in [0.25, 0.3) is 0 Å². The highest BCUT2D eigenvalue weighted by Gasteiger charge is 2.31. The number of fused-ring (bicyclic) bond motifs is 1. The van der Waals surface area contributed by atoms with Gasteiger partial charge in [-0.2, -0.15) is 4.31 Å². The average Bonchev–Trinajstić information content (AvgIpc) is 2.95. The van der Waals surface area contributed by atoms with Gasteiger partial charge in [-0.3, -0.25) is 0 Å². The summed E-state index contributed by atoms with van der Waals surface area (Å²) in [6, 6.07) is 4.76. The van der Waals surface area contributed by atoms with Crippen LogP contribution in [0.1, 0.15) is 12.8 Å². The van der Waals surface area contributed by atoms with E-state index in [0.717, 1.165) is 12.8 Å². The molecule has 0 radical (unpaired) electrons. The molecular weight excluding hydrogens is 294 g/mol. The lowest BCUT2D eigenvalue weighted by atomic mass is 10.0. The fourth-order valence-electron chi connectivity index (χ4n) is 2.80. The maximum absolute atomic E-state index is 12.7. The van der Waals surface area contributed by atoms with Crippen LogP contribution < -0.4 is 9.47 Å². The van der Waals surface area contributed by atoms with Gasteiger partial charge in [-0.1, -0.05) is 0 Å². The van der Waals surface area contributed by atoms with E-state index in [4.69, 9.17) is 14.2 Å². The van der Waals surface area contributed by atoms with E-state index in [2.05, 4.69) is 0 Å². The third-order valence-electron chi connectivity index (χ3n) is 3.87. The number of hydrogen-bond acceptors (Lipinski definition) is 5. The summed E-state index contributed by atoms with van der Waals surface area (Å²) in [4.78, 5) is 0.254. The number of ether oxygens (including phenoxy) is 3. The Balaban J connectivity index is 1.83. The summed E-state index contributed by atoms with van der Waals surface area (Å²) in [5.74, 6) is 1.33. The molecule has 1 aromatic carbocycles. The summed E-state index contributed by atoms with van der Waals surface area (Å²) >= 11 is 0. The van der Waals surface area contributed by atoms with Crippen LogP contribution in [0.5, 0.6) is 11.5 Å². The number of methoxy groups -OCH3 is 1. The normalized spacial score (nSPS) is 22.4. The molecule has 0 saturated carbocycles. The number of piperidine rings is 1. The molecule has 1 unspecified atom stereocenters. The van der Waals surface area contributed by atoms with Gasteiger partial charge in [-0.15, -0.1) is 0 Å². The summed E-state index contributed by atoms with van der Waals surface area (Å²) in [6.45, 7) is 1.78. The van der Waals surface area contributed by atoms with E-state index < -0.39 is 10.0 Å². The lowest BCUT2D eigenvalue weighted by Crippen LogP contribution is -2.41. The molecule has 1 aromatic rings. The zero-order valence-electron chi connectivity index (χ0n) is 11.9. The first-order chi connectivity index (χ1) is 10.1. The van der Waals surface area contributed by atoms with Gasteiger partial charge in [0, 0.05) is 26.3 Å². The van der Waals surface area contributed by atoms with Gasteiger partial charge in [0.1, 0.15) is 0 Å². The Morgan fingerprint density at radius 2 is 2.14 bits per heavy atom. The molecule has 1 fully saturated rings. The molecule has 0 aliphatic carbocycles. The van der Waals surface area contributed by atoms with Crippen LogP contribution in [0.3, 0.4) is 0 Å². The average molecular weight is 313 g/mol. The number of rotatable bonds is 4. The molecule has 2 heterocycles. The zero-order chi connectivity index (χ0) is 14.9. The maximum atomic E-state index is 12.7. The summed E-state index contributed by atoms with van der Waals surface area (Å²) in [7, 11) is -1.85. The van der Waals surface area contributed by atoms with E-state index in [1.807, 2.05) is 0 Å². The van der Waals surface area contributed by atoms with E-state index in [1.54, 1.807) is 19.2 Å². The molecule has 21 heavy (non-hydrogen) atoms. The summed E-state index contributed by atoms with van der Waals surface area (Å²) in [5.41, 5.74) is 0. The SMILES string of the molecule is COCC1CCCN(S(=O)(=O)c2ccc3c(c2)OCO3)C1. The molecule has 1 atom stereocenters. The van der Waals surface area contributed by atoms with Crippen molar-refractivity contribution in [3.8, 4) is 11.5 Å². The number of sulfonamides is 1. The standard InChI is InChI=1S/C14H19NO5S/c1-18-9-11-3-2-6-15(8-11)21(16,17)12-4-5-13-14(7-12)20-10-19-13/h4-5,7,11H,2-3,6,8-10H2,1H3. The van der Waals surface area contributed by atoms with Crippen molar-refractivity contribution in [2.45, 2.75) is 17.7 Å². The quantitative estimate of drug-likeness (QED) is 0.842. The molecule has 3 rings (SSSR count). The molecule has 2 aliphatic rings. The van der Waals surface area contributed by atoms with Crippen molar-refractivity contribution in [1.82, 2.24) is 4.31 Å². The van der Waals surface area contributed by atoms with Crippen molar-refractivity contribution in [3.63, 3.8) is 0 Å². The fourth-order valence-corrected chi connectivity index (χ4v) is 4.37. The molecule has 2 aliphatic heterocycles. The molecule has 116 valence electrons. The molecule has 0 bridgehead atoms. The Morgan fingerprint density at radius 1 is 1.33 bits per heavy atom. The minimum atomic E-state index is -3.49. The lowest BCUT2D eigenvalue weighted by molar-refractivity contribution is 0.118. The molecule has 0 aromatic heterocycles. The van der Waals surface area contributed by atoms with Crippen LogP contribution in [0.4, 0.5) is 0 Å². The Kier molecular flexibility index (Phi) is 4.05. The van der Waals surface area contributed by atoms with Crippen LogP contribution in [0.2, 0.25) is 0 Å². The highest BCUT2D eigenvalue weighted by atomic mass is 32.2. The molecule has 1 saturated heterocycles. The van der Waals surface area contributed by atoms with Crippen LogP contribution in [0, 0.1) is 5.92 Å². The van der Waals surface area contributed by atoms with E-state index in [1.165, 1.54) is 10.4 Å². The second-order valence-corrected chi connectivity index (χ2v) is 7.28. The van der Waals surface area contributed by atoms with Crippen LogP contribution >= 0.6 is 0 Å². The van der Waals surface area contributed by atoms with Crippen molar-refractivity contribution < 1.29 is 22.6 Å².